The number of nitrogens with zero attached hydrogens (tertiary/aromatic N) is 1. The number of hydrogen-bond acceptors (Lipinski definition) is 3. The first-order valence-corrected chi connectivity index (χ1v) is 6.31. The molecule has 0 aliphatic carbocycles. The molecule has 3 N–H and O–H groups in total. The van der Waals surface area contributed by atoms with Gasteiger partial charge < -0.3 is 15.7 Å². The topological polar surface area (TPSA) is 49.5 Å². The molecule has 0 saturated carbocycles. The summed E-state index contributed by atoms with van der Waals surface area (Å²) in [5.74, 6) is 0. The lowest BCUT2D eigenvalue weighted by Gasteiger charge is -2.39. The summed E-state index contributed by atoms with van der Waals surface area (Å²) in [6.07, 6.45) is 1.91. The molecule has 1 saturated heterocycles. The first-order chi connectivity index (χ1) is 7.99. The van der Waals surface area contributed by atoms with E-state index >= 15 is 0 Å². The van der Waals surface area contributed by atoms with Gasteiger partial charge in [-0.2, -0.15) is 0 Å². The average Bonchev–Trinajstić information content (AvgIpc) is 2.27. The Labute approximate surface area is 103 Å². The summed E-state index contributed by atoms with van der Waals surface area (Å²) in [6.45, 7) is 5.60. The molecule has 3 heteroatoms. The number of aliphatic hydroxyl groups is 1. The summed E-state index contributed by atoms with van der Waals surface area (Å²) in [5, 5.41) is 10.2. The minimum absolute atomic E-state index is 0.0260. The van der Waals surface area contributed by atoms with Crippen molar-refractivity contribution >= 4 is 5.69 Å². The van der Waals surface area contributed by atoms with Gasteiger partial charge in [-0.1, -0.05) is 18.2 Å². The molecular formula is C14H22N2O. The Bertz CT molecular complexity index is 388. The Morgan fingerprint density at radius 1 is 1.41 bits per heavy atom. The monoisotopic (exact) mass is 234 g/mol. The van der Waals surface area contributed by atoms with Crippen LogP contribution < -0.4 is 10.6 Å². The van der Waals surface area contributed by atoms with Crippen LogP contribution in [0.15, 0.2) is 24.3 Å². The van der Waals surface area contributed by atoms with E-state index in [4.69, 9.17) is 5.73 Å². The van der Waals surface area contributed by atoms with Gasteiger partial charge >= 0.3 is 0 Å². The second-order valence-electron chi connectivity index (χ2n) is 5.37. The summed E-state index contributed by atoms with van der Waals surface area (Å²) in [7, 11) is 0. The number of rotatable bonds is 2. The zero-order valence-corrected chi connectivity index (χ0v) is 10.7. The van der Waals surface area contributed by atoms with Gasteiger partial charge in [0.15, 0.2) is 0 Å². The highest BCUT2D eigenvalue weighted by Gasteiger charge is 2.29. The van der Waals surface area contributed by atoms with Crippen LogP contribution >= 0.6 is 0 Å². The standard InChI is InChI=1S/C14H22N2O/c1-11(15)12-6-3-4-7-13(12)16-9-5-8-14(2,17)10-16/h3-4,6-7,11,17H,5,8-10,15H2,1-2H3. The first-order valence-electron chi connectivity index (χ1n) is 6.31. The molecule has 94 valence electrons. The van der Waals surface area contributed by atoms with E-state index in [1.165, 1.54) is 5.69 Å². The van der Waals surface area contributed by atoms with Crippen molar-refractivity contribution in [1.82, 2.24) is 0 Å². The van der Waals surface area contributed by atoms with Crippen LogP contribution in [0.1, 0.15) is 38.3 Å². The van der Waals surface area contributed by atoms with Crippen molar-refractivity contribution in [3.8, 4) is 0 Å². The lowest BCUT2D eigenvalue weighted by atomic mass is 9.93. The number of para-hydroxylation sites is 1. The molecule has 0 radical (unpaired) electrons. The predicted octanol–water partition coefficient (Wildman–Crippen LogP) is 2.06. The number of piperidine rings is 1. The van der Waals surface area contributed by atoms with E-state index in [1.54, 1.807) is 0 Å². The zero-order valence-electron chi connectivity index (χ0n) is 10.7. The molecule has 17 heavy (non-hydrogen) atoms. The summed E-state index contributed by atoms with van der Waals surface area (Å²) >= 11 is 0. The Morgan fingerprint density at radius 2 is 2.12 bits per heavy atom. The van der Waals surface area contributed by atoms with Crippen LogP contribution in [0.5, 0.6) is 0 Å². The molecule has 1 aliphatic heterocycles. The molecule has 2 unspecified atom stereocenters. The largest absolute Gasteiger partial charge is 0.388 e. The van der Waals surface area contributed by atoms with Gasteiger partial charge in [-0.25, -0.2) is 0 Å². The number of benzene rings is 1. The number of nitrogens with two attached hydrogens (primary N) is 1. The van der Waals surface area contributed by atoms with Crippen LogP contribution in [-0.4, -0.2) is 23.8 Å². The van der Waals surface area contributed by atoms with Crippen molar-refractivity contribution in [2.45, 2.75) is 38.3 Å². The molecule has 1 heterocycles. The summed E-state index contributed by atoms with van der Waals surface area (Å²) in [4.78, 5) is 2.25. The fourth-order valence-electron chi connectivity index (χ4n) is 2.59. The molecule has 0 bridgehead atoms. The second-order valence-corrected chi connectivity index (χ2v) is 5.37. The predicted molar refractivity (Wildman–Crippen MR) is 71.1 cm³/mol. The minimum atomic E-state index is -0.580. The Hall–Kier alpha value is -1.06. The van der Waals surface area contributed by atoms with Gasteiger partial charge in [0.1, 0.15) is 0 Å². The van der Waals surface area contributed by atoms with Crippen molar-refractivity contribution in [3.05, 3.63) is 29.8 Å². The third kappa shape index (κ3) is 2.79. The maximum atomic E-state index is 10.2. The molecule has 1 aromatic rings. The van der Waals surface area contributed by atoms with Crippen molar-refractivity contribution < 1.29 is 5.11 Å². The molecule has 2 rings (SSSR count). The van der Waals surface area contributed by atoms with Gasteiger partial charge in [-0.3, -0.25) is 0 Å². The van der Waals surface area contributed by atoms with Gasteiger partial charge in [0, 0.05) is 24.8 Å². The number of hydrogen-bond donors (Lipinski definition) is 2. The molecular weight excluding hydrogens is 212 g/mol. The minimum Gasteiger partial charge on any atom is -0.388 e. The Balaban J connectivity index is 2.27. The van der Waals surface area contributed by atoms with E-state index in [2.05, 4.69) is 17.0 Å². The average molecular weight is 234 g/mol. The molecule has 1 aliphatic rings. The smallest absolute Gasteiger partial charge is 0.0794 e. The maximum absolute atomic E-state index is 10.2. The fraction of sp³-hybridized carbons (Fsp3) is 0.571. The lowest BCUT2D eigenvalue weighted by Crippen LogP contribution is -2.46. The van der Waals surface area contributed by atoms with Gasteiger partial charge in [-0.05, 0) is 38.3 Å². The van der Waals surface area contributed by atoms with Gasteiger partial charge in [0.2, 0.25) is 0 Å². The third-order valence-corrected chi connectivity index (χ3v) is 3.44. The number of β-amino-alcohol motifs (C(OH)–C–C–N with tert-alkyl or cyclic N) is 1. The van der Waals surface area contributed by atoms with E-state index in [0.29, 0.717) is 6.54 Å². The van der Waals surface area contributed by atoms with Crippen LogP contribution in [0, 0.1) is 0 Å². The summed E-state index contributed by atoms with van der Waals surface area (Å²) in [6, 6.07) is 8.25. The lowest BCUT2D eigenvalue weighted by molar-refractivity contribution is 0.0449. The van der Waals surface area contributed by atoms with Crippen LogP contribution in [0.3, 0.4) is 0 Å². The third-order valence-electron chi connectivity index (χ3n) is 3.44. The van der Waals surface area contributed by atoms with Crippen molar-refractivity contribution in [2.24, 2.45) is 5.73 Å². The molecule has 2 atom stereocenters. The fourth-order valence-corrected chi connectivity index (χ4v) is 2.59. The van der Waals surface area contributed by atoms with Crippen LogP contribution in [0.25, 0.3) is 0 Å². The molecule has 0 spiro atoms. The van der Waals surface area contributed by atoms with Crippen molar-refractivity contribution in [2.75, 3.05) is 18.0 Å². The van der Waals surface area contributed by atoms with E-state index < -0.39 is 5.60 Å². The molecule has 1 fully saturated rings. The van der Waals surface area contributed by atoms with Crippen molar-refractivity contribution in [1.29, 1.82) is 0 Å². The second kappa shape index (κ2) is 4.67. The van der Waals surface area contributed by atoms with Gasteiger partial charge in [0.05, 0.1) is 5.60 Å². The molecule has 1 aromatic carbocycles. The SMILES string of the molecule is CC(N)c1ccccc1N1CCCC(C)(O)C1. The summed E-state index contributed by atoms with van der Waals surface area (Å²) in [5.41, 5.74) is 7.75. The molecule has 0 amide bonds. The Kier molecular flexibility index (Phi) is 3.40. The Morgan fingerprint density at radius 3 is 2.76 bits per heavy atom. The molecule has 3 nitrogen and oxygen atoms in total. The van der Waals surface area contributed by atoms with Crippen molar-refractivity contribution in [3.63, 3.8) is 0 Å². The highest BCUT2D eigenvalue weighted by molar-refractivity contribution is 5.55. The highest BCUT2D eigenvalue weighted by Crippen LogP contribution is 2.30. The summed E-state index contributed by atoms with van der Waals surface area (Å²) < 4.78 is 0. The van der Waals surface area contributed by atoms with Crippen LogP contribution in [-0.2, 0) is 0 Å². The van der Waals surface area contributed by atoms with Crippen LogP contribution in [0.2, 0.25) is 0 Å². The van der Waals surface area contributed by atoms with E-state index in [1.807, 2.05) is 26.0 Å². The highest BCUT2D eigenvalue weighted by atomic mass is 16.3. The normalized spacial score (nSPS) is 26.9. The zero-order chi connectivity index (χ0) is 12.5. The molecule has 0 aromatic heterocycles. The van der Waals surface area contributed by atoms with Gasteiger partial charge in [0.25, 0.3) is 0 Å². The van der Waals surface area contributed by atoms with E-state index in [9.17, 15) is 5.11 Å². The van der Waals surface area contributed by atoms with E-state index in [0.717, 1.165) is 24.9 Å². The first kappa shape index (κ1) is 12.4. The quantitative estimate of drug-likeness (QED) is 0.823. The van der Waals surface area contributed by atoms with Crippen LogP contribution in [0.4, 0.5) is 5.69 Å². The van der Waals surface area contributed by atoms with Gasteiger partial charge in [-0.15, -0.1) is 0 Å². The number of anilines is 1. The maximum Gasteiger partial charge on any atom is 0.0794 e. The van der Waals surface area contributed by atoms with E-state index in [-0.39, 0.29) is 6.04 Å².